The fourth-order valence-electron chi connectivity index (χ4n) is 2.05. The predicted octanol–water partition coefficient (Wildman–Crippen LogP) is 2.46. The van der Waals surface area contributed by atoms with E-state index in [1.165, 1.54) is 0 Å². The zero-order valence-corrected chi connectivity index (χ0v) is 8.91. The van der Waals surface area contributed by atoms with Gasteiger partial charge in [0.25, 0.3) is 0 Å². The van der Waals surface area contributed by atoms with Crippen LogP contribution in [0.5, 0.6) is 0 Å². The monoisotopic (exact) mass is 215 g/mol. The molecule has 0 unspecified atom stereocenters. The molecule has 1 aromatic rings. The molecule has 0 saturated carbocycles. The summed E-state index contributed by atoms with van der Waals surface area (Å²) in [6.45, 7) is 4.82. The van der Waals surface area contributed by atoms with Crippen molar-refractivity contribution in [2.24, 2.45) is 10.3 Å². The summed E-state index contributed by atoms with van der Waals surface area (Å²) in [5, 5.41) is 10.1. The summed E-state index contributed by atoms with van der Waals surface area (Å²) in [7, 11) is 0. The predicted molar refractivity (Wildman–Crippen MR) is 60.3 cm³/mol. The molecule has 0 amide bonds. The van der Waals surface area contributed by atoms with Gasteiger partial charge in [-0.25, -0.2) is 5.01 Å². The summed E-state index contributed by atoms with van der Waals surface area (Å²) in [6, 6.07) is 10.2. The number of nitrogens with zero attached hydrogens (tertiary/aromatic N) is 3. The van der Waals surface area contributed by atoms with E-state index in [0.717, 1.165) is 24.3 Å². The fourth-order valence-corrected chi connectivity index (χ4v) is 2.05. The molecule has 82 valence electrons. The zero-order chi connectivity index (χ0) is 11.0. The maximum absolute atomic E-state index is 5.61. The van der Waals surface area contributed by atoms with Crippen LogP contribution in [0.1, 0.15) is 12.0 Å². The van der Waals surface area contributed by atoms with Crippen molar-refractivity contribution in [2.75, 3.05) is 6.61 Å². The van der Waals surface area contributed by atoms with Gasteiger partial charge in [-0.15, -0.1) is 0 Å². The maximum Gasteiger partial charge on any atom is 0.176 e. The third-order valence-corrected chi connectivity index (χ3v) is 2.95. The molecule has 16 heavy (non-hydrogen) atoms. The smallest absolute Gasteiger partial charge is 0.176 e. The van der Waals surface area contributed by atoms with Crippen LogP contribution in [0.3, 0.4) is 0 Å². The van der Waals surface area contributed by atoms with Crippen LogP contribution in [0.2, 0.25) is 0 Å². The second-order valence-corrected chi connectivity index (χ2v) is 3.98. The van der Waals surface area contributed by atoms with E-state index in [1.807, 2.05) is 30.3 Å². The number of ether oxygens (including phenoxy) is 1. The highest BCUT2D eigenvalue weighted by Gasteiger charge is 2.39. The lowest BCUT2D eigenvalue weighted by Gasteiger charge is -2.22. The topological polar surface area (TPSA) is 37.2 Å². The van der Waals surface area contributed by atoms with Crippen LogP contribution in [-0.4, -0.2) is 23.9 Å². The Morgan fingerprint density at radius 3 is 3.00 bits per heavy atom. The van der Waals surface area contributed by atoms with Crippen molar-refractivity contribution >= 4 is 5.70 Å². The van der Waals surface area contributed by atoms with E-state index in [1.54, 1.807) is 5.01 Å². The highest BCUT2D eigenvalue weighted by atomic mass is 16.5. The molecule has 0 radical (unpaired) electrons. The standard InChI is InChI=1S/C12H13N3O/c1-9(10-5-3-2-4-6-10)15-12-11(13-14-15)7-8-16-12/h2-6,11-12H,1,7-8H2/t11-,12-/m1/s1. The van der Waals surface area contributed by atoms with E-state index in [-0.39, 0.29) is 12.3 Å². The lowest BCUT2D eigenvalue weighted by Crippen LogP contribution is -2.30. The van der Waals surface area contributed by atoms with Crippen molar-refractivity contribution in [3.8, 4) is 0 Å². The highest BCUT2D eigenvalue weighted by Crippen LogP contribution is 2.32. The van der Waals surface area contributed by atoms with E-state index in [0.29, 0.717) is 0 Å². The molecule has 1 fully saturated rings. The van der Waals surface area contributed by atoms with Gasteiger partial charge in [-0.1, -0.05) is 42.1 Å². The van der Waals surface area contributed by atoms with E-state index in [4.69, 9.17) is 4.74 Å². The molecule has 3 rings (SSSR count). The quantitative estimate of drug-likeness (QED) is 0.759. The number of rotatable bonds is 2. The summed E-state index contributed by atoms with van der Waals surface area (Å²) in [4.78, 5) is 0. The van der Waals surface area contributed by atoms with Gasteiger partial charge in [0.1, 0.15) is 6.04 Å². The first kappa shape index (κ1) is 9.54. The van der Waals surface area contributed by atoms with Crippen LogP contribution < -0.4 is 0 Å². The first-order chi connectivity index (χ1) is 7.86. The number of fused-ring (bicyclic) bond motifs is 1. The van der Waals surface area contributed by atoms with Crippen molar-refractivity contribution in [1.82, 2.24) is 5.01 Å². The molecule has 0 N–H and O–H groups in total. The number of hydrogen-bond donors (Lipinski definition) is 0. The molecule has 0 spiro atoms. The van der Waals surface area contributed by atoms with Crippen LogP contribution >= 0.6 is 0 Å². The van der Waals surface area contributed by atoms with Gasteiger partial charge >= 0.3 is 0 Å². The Morgan fingerprint density at radius 2 is 2.19 bits per heavy atom. The Hall–Kier alpha value is -1.68. The molecule has 1 aromatic carbocycles. The van der Waals surface area contributed by atoms with Gasteiger partial charge in [-0.3, -0.25) is 0 Å². The fraction of sp³-hybridized carbons (Fsp3) is 0.333. The van der Waals surface area contributed by atoms with Crippen LogP contribution in [0, 0.1) is 0 Å². The Labute approximate surface area is 94.2 Å². The summed E-state index contributed by atoms with van der Waals surface area (Å²) in [5.41, 5.74) is 1.90. The molecular weight excluding hydrogens is 202 g/mol. The lowest BCUT2D eigenvalue weighted by molar-refractivity contribution is 0.0246. The molecule has 4 heteroatoms. The Bertz CT molecular complexity index is 429. The first-order valence-corrected chi connectivity index (χ1v) is 5.42. The van der Waals surface area contributed by atoms with Crippen molar-refractivity contribution in [2.45, 2.75) is 18.7 Å². The van der Waals surface area contributed by atoms with E-state index >= 15 is 0 Å². The molecule has 2 heterocycles. The molecule has 0 aliphatic carbocycles. The van der Waals surface area contributed by atoms with Crippen LogP contribution in [-0.2, 0) is 4.74 Å². The highest BCUT2D eigenvalue weighted by molar-refractivity contribution is 5.61. The van der Waals surface area contributed by atoms with Crippen molar-refractivity contribution in [1.29, 1.82) is 0 Å². The Balaban J connectivity index is 1.84. The molecule has 0 aromatic heterocycles. The summed E-state index contributed by atoms with van der Waals surface area (Å²) in [6.07, 6.45) is 0.903. The molecule has 0 bridgehead atoms. The van der Waals surface area contributed by atoms with Gasteiger partial charge in [-0.05, 0) is 12.0 Å². The van der Waals surface area contributed by atoms with Crippen LogP contribution in [0.15, 0.2) is 47.2 Å². The minimum Gasteiger partial charge on any atom is -0.354 e. The van der Waals surface area contributed by atoms with Gasteiger partial charge in [0.15, 0.2) is 6.23 Å². The minimum absolute atomic E-state index is 0.0484. The van der Waals surface area contributed by atoms with Crippen molar-refractivity contribution in [3.63, 3.8) is 0 Å². The molecule has 2 atom stereocenters. The second-order valence-electron chi connectivity index (χ2n) is 3.98. The van der Waals surface area contributed by atoms with Gasteiger partial charge in [0.2, 0.25) is 0 Å². The SMILES string of the molecule is C=C(c1ccccc1)N1N=N[C@@H]2CCO[C@H]21. The number of hydrogen-bond acceptors (Lipinski definition) is 4. The van der Waals surface area contributed by atoms with Crippen LogP contribution in [0.4, 0.5) is 0 Å². The maximum atomic E-state index is 5.61. The Morgan fingerprint density at radius 1 is 1.38 bits per heavy atom. The molecule has 4 nitrogen and oxygen atoms in total. The van der Waals surface area contributed by atoms with E-state index in [9.17, 15) is 0 Å². The average Bonchev–Trinajstić information content (AvgIpc) is 2.91. The zero-order valence-electron chi connectivity index (χ0n) is 8.91. The number of benzene rings is 1. The van der Waals surface area contributed by atoms with Gasteiger partial charge < -0.3 is 4.74 Å². The van der Waals surface area contributed by atoms with Crippen molar-refractivity contribution < 1.29 is 4.74 Å². The van der Waals surface area contributed by atoms with E-state index in [2.05, 4.69) is 16.9 Å². The van der Waals surface area contributed by atoms with Gasteiger partial charge in [0, 0.05) is 0 Å². The largest absolute Gasteiger partial charge is 0.354 e. The molecule has 2 aliphatic heterocycles. The summed E-state index contributed by atoms with van der Waals surface area (Å²) >= 11 is 0. The molecule has 2 aliphatic rings. The third kappa shape index (κ3) is 1.42. The van der Waals surface area contributed by atoms with Gasteiger partial charge in [0.05, 0.1) is 12.3 Å². The molecular formula is C12H13N3O. The van der Waals surface area contributed by atoms with Gasteiger partial charge in [-0.2, -0.15) is 5.11 Å². The first-order valence-electron chi connectivity index (χ1n) is 5.42. The second kappa shape index (κ2) is 3.72. The average molecular weight is 215 g/mol. The summed E-state index contributed by atoms with van der Waals surface area (Å²) in [5.74, 6) is 0. The Kier molecular flexibility index (Phi) is 2.22. The minimum atomic E-state index is -0.0484. The van der Waals surface area contributed by atoms with Crippen LogP contribution in [0.25, 0.3) is 5.70 Å². The summed E-state index contributed by atoms with van der Waals surface area (Å²) < 4.78 is 5.61. The molecule has 1 saturated heterocycles. The normalized spacial score (nSPS) is 27.1. The lowest BCUT2D eigenvalue weighted by atomic mass is 10.1. The van der Waals surface area contributed by atoms with Crippen molar-refractivity contribution in [3.05, 3.63) is 42.5 Å². The third-order valence-electron chi connectivity index (χ3n) is 2.95. The van der Waals surface area contributed by atoms with E-state index < -0.39 is 0 Å².